The lowest BCUT2D eigenvalue weighted by Gasteiger charge is -2.37. The highest BCUT2D eigenvalue weighted by molar-refractivity contribution is 8.15. The van der Waals surface area contributed by atoms with Crippen molar-refractivity contribution in [2.24, 2.45) is 11.0 Å². The SMILES string of the molecule is C=CC(=O)N1CCC(C2=NN[C@]3(CCC[C@@H](Nc4ncc(Cl)c(-c5c[nH]c6ccccc56)n4)C3)S2)C1. The molecule has 2 fully saturated rings. The maximum atomic E-state index is 12.0. The zero-order valence-corrected chi connectivity index (χ0v) is 21.4. The van der Waals surface area contributed by atoms with E-state index in [2.05, 4.69) is 33.4 Å². The van der Waals surface area contributed by atoms with E-state index in [4.69, 9.17) is 21.7 Å². The Labute approximate surface area is 219 Å². The number of amides is 1. The smallest absolute Gasteiger partial charge is 0.245 e. The summed E-state index contributed by atoms with van der Waals surface area (Å²) < 4.78 is 0. The molecule has 3 N–H and O–H groups in total. The quantitative estimate of drug-likeness (QED) is 0.408. The topological polar surface area (TPSA) is 98.3 Å². The molecular formula is C26H28ClN7OS. The summed E-state index contributed by atoms with van der Waals surface area (Å²) in [5.74, 6) is 0.873. The number of aromatic amines is 1. The summed E-state index contributed by atoms with van der Waals surface area (Å²) in [5, 5.41) is 11.0. The Bertz CT molecular complexity index is 1360. The van der Waals surface area contributed by atoms with Crippen LogP contribution in [0.2, 0.25) is 5.02 Å². The molecule has 1 aromatic carbocycles. The zero-order valence-electron chi connectivity index (χ0n) is 19.8. The number of nitrogens with one attached hydrogen (secondary N) is 3. The number of halogens is 1. The number of fused-ring (bicyclic) bond motifs is 1. The number of H-pyrrole nitrogens is 1. The summed E-state index contributed by atoms with van der Waals surface area (Å²) in [4.78, 5) is 26.3. The fourth-order valence-electron chi connectivity index (χ4n) is 5.50. The van der Waals surface area contributed by atoms with Gasteiger partial charge in [-0.1, -0.05) is 48.1 Å². The van der Waals surface area contributed by atoms with Gasteiger partial charge in [-0.3, -0.25) is 10.2 Å². The average molecular weight is 522 g/mol. The second kappa shape index (κ2) is 9.44. The molecule has 4 heterocycles. The normalized spacial score (nSPS) is 25.7. The number of carbonyl (C=O) groups excluding carboxylic acids is 1. The molecule has 1 amide bonds. The molecule has 0 radical (unpaired) electrons. The Hall–Kier alpha value is -3.04. The number of aromatic nitrogens is 3. The van der Waals surface area contributed by atoms with Crippen LogP contribution in [0.1, 0.15) is 32.1 Å². The zero-order chi connectivity index (χ0) is 24.7. The minimum absolute atomic E-state index is 0.000621. The van der Waals surface area contributed by atoms with E-state index in [1.165, 1.54) is 6.08 Å². The second-order valence-electron chi connectivity index (χ2n) is 9.71. The van der Waals surface area contributed by atoms with Crippen molar-refractivity contribution in [3.8, 4) is 11.3 Å². The second-order valence-corrected chi connectivity index (χ2v) is 11.5. The number of likely N-dealkylation sites (tertiary alicyclic amines) is 1. The Balaban J connectivity index is 1.14. The van der Waals surface area contributed by atoms with Gasteiger partial charge in [0, 0.05) is 54.1 Å². The van der Waals surface area contributed by atoms with E-state index in [-0.39, 0.29) is 22.7 Å². The first-order valence-corrected chi connectivity index (χ1v) is 13.5. The molecule has 8 nitrogen and oxygen atoms in total. The van der Waals surface area contributed by atoms with E-state index in [9.17, 15) is 4.79 Å². The van der Waals surface area contributed by atoms with Gasteiger partial charge in [-0.25, -0.2) is 9.97 Å². The molecule has 3 aromatic rings. The van der Waals surface area contributed by atoms with Gasteiger partial charge >= 0.3 is 0 Å². The number of thioether (sulfide) groups is 1. The largest absolute Gasteiger partial charge is 0.360 e. The number of anilines is 1. The summed E-state index contributed by atoms with van der Waals surface area (Å²) >= 11 is 8.36. The summed E-state index contributed by atoms with van der Waals surface area (Å²) in [6.07, 6.45) is 10.0. The molecule has 2 aliphatic heterocycles. The molecule has 10 heteroatoms. The predicted molar refractivity (Wildman–Crippen MR) is 146 cm³/mol. The lowest BCUT2D eigenvalue weighted by atomic mass is 9.91. The van der Waals surface area contributed by atoms with Crippen LogP contribution in [0.15, 0.2) is 54.4 Å². The fourth-order valence-corrected chi connectivity index (χ4v) is 7.16. The van der Waals surface area contributed by atoms with E-state index in [1.807, 2.05) is 41.1 Å². The predicted octanol–water partition coefficient (Wildman–Crippen LogP) is 5.01. The lowest BCUT2D eigenvalue weighted by molar-refractivity contribution is -0.125. The van der Waals surface area contributed by atoms with Crippen LogP contribution in [-0.4, -0.2) is 54.8 Å². The van der Waals surface area contributed by atoms with Crippen LogP contribution in [0.3, 0.4) is 0 Å². The van der Waals surface area contributed by atoms with Crippen LogP contribution in [0.5, 0.6) is 0 Å². The molecule has 1 saturated carbocycles. The summed E-state index contributed by atoms with van der Waals surface area (Å²) in [5.41, 5.74) is 6.19. The van der Waals surface area contributed by atoms with Crippen molar-refractivity contribution >= 4 is 51.2 Å². The highest BCUT2D eigenvalue weighted by atomic mass is 35.5. The number of nitrogens with zero attached hydrogens (tertiary/aromatic N) is 4. The molecule has 1 saturated heterocycles. The maximum Gasteiger partial charge on any atom is 0.245 e. The van der Waals surface area contributed by atoms with Gasteiger partial charge < -0.3 is 15.2 Å². The number of rotatable bonds is 5. The minimum Gasteiger partial charge on any atom is -0.360 e. The summed E-state index contributed by atoms with van der Waals surface area (Å²) in [6, 6.07) is 8.34. The first-order chi connectivity index (χ1) is 17.5. The summed E-state index contributed by atoms with van der Waals surface area (Å²) in [7, 11) is 0. The van der Waals surface area contributed by atoms with E-state index >= 15 is 0 Å². The standard InChI is InChI=1S/C26H28ClN7OS/c1-2-22(35)34-11-9-16(15-34)24-32-33-26(36-24)10-5-6-17(12-26)30-25-29-14-20(27)23(31-25)19-13-28-21-8-4-3-7-18(19)21/h2-4,7-8,13-14,16-17,28,33H,1,5-6,9-12,15H2,(H,29,30,31)/t16?,17-,26-/m1/s1. The fraction of sp³-hybridized carbons (Fsp3) is 0.385. The van der Waals surface area contributed by atoms with Crippen LogP contribution < -0.4 is 10.7 Å². The Kier molecular flexibility index (Phi) is 6.13. The molecule has 186 valence electrons. The molecule has 2 aromatic heterocycles. The van der Waals surface area contributed by atoms with Crippen molar-refractivity contribution in [3.05, 3.63) is 54.3 Å². The molecule has 1 unspecified atom stereocenters. The van der Waals surface area contributed by atoms with Gasteiger partial charge in [-0.15, -0.1) is 0 Å². The number of hydrazone groups is 1. The summed E-state index contributed by atoms with van der Waals surface area (Å²) in [6.45, 7) is 5.09. The van der Waals surface area contributed by atoms with Gasteiger partial charge in [0.05, 0.1) is 16.9 Å². The third-order valence-electron chi connectivity index (χ3n) is 7.32. The van der Waals surface area contributed by atoms with Gasteiger partial charge in [0.25, 0.3) is 0 Å². The number of para-hydroxylation sites is 1. The number of benzene rings is 1. The Morgan fingerprint density at radius 1 is 1.33 bits per heavy atom. The van der Waals surface area contributed by atoms with Crippen LogP contribution in [-0.2, 0) is 4.79 Å². The van der Waals surface area contributed by atoms with Crippen molar-refractivity contribution < 1.29 is 4.79 Å². The van der Waals surface area contributed by atoms with E-state index < -0.39 is 0 Å². The van der Waals surface area contributed by atoms with Crippen LogP contribution in [0, 0.1) is 5.92 Å². The third kappa shape index (κ3) is 4.35. The number of carbonyl (C=O) groups is 1. The highest BCUT2D eigenvalue weighted by Gasteiger charge is 2.44. The molecule has 3 aliphatic rings. The van der Waals surface area contributed by atoms with Crippen LogP contribution >= 0.6 is 23.4 Å². The number of hydrogen-bond donors (Lipinski definition) is 3. The van der Waals surface area contributed by atoms with Crippen LogP contribution in [0.25, 0.3) is 22.2 Å². The molecule has 36 heavy (non-hydrogen) atoms. The Morgan fingerprint density at radius 3 is 3.11 bits per heavy atom. The number of hydrogen-bond acceptors (Lipinski definition) is 7. The first-order valence-electron chi connectivity index (χ1n) is 12.3. The van der Waals surface area contributed by atoms with Gasteiger partial charge in [-0.2, -0.15) is 5.10 Å². The van der Waals surface area contributed by atoms with Gasteiger partial charge in [0.2, 0.25) is 11.9 Å². The van der Waals surface area contributed by atoms with Crippen molar-refractivity contribution in [1.29, 1.82) is 0 Å². The monoisotopic (exact) mass is 521 g/mol. The Morgan fingerprint density at radius 2 is 2.22 bits per heavy atom. The molecule has 6 rings (SSSR count). The minimum atomic E-state index is -0.132. The molecule has 1 aliphatic carbocycles. The molecule has 3 atom stereocenters. The van der Waals surface area contributed by atoms with Gasteiger partial charge in [0.1, 0.15) is 9.91 Å². The van der Waals surface area contributed by atoms with E-state index in [1.54, 1.807) is 6.20 Å². The van der Waals surface area contributed by atoms with Crippen molar-refractivity contribution in [1.82, 2.24) is 25.3 Å². The molecule has 1 spiro atoms. The van der Waals surface area contributed by atoms with Crippen LogP contribution in [0.4, 0.5) is 5.95 Å². The maximum absolute atomic E-state index is 12.0. The van der Waals surface area contributed by atoms with Crippen molar-refractivity contribution in [2.75, 3.05) is 18.4 Å². The third-order valence-corrected chi connectivity index (χ3v) is 9.09. The van der Waals surface area contributed by atoms with Gasteiger partial charge in [-0.05, 0) is 37.8 Å². The highest BCUT2D eigenvalue weighted by Crippen LogP contribution is 2.45. The lowest BCUT2D eigenvalue weighted by Crippen LogP contribution is -2.45. The van der Waals surface area contributed by atoms with Crippen molar-refractivity contribution in [3.63, 3.8) is 0 Å². The molecular weight excluding hydrogens is 494 g/mol. The van der Waals surface area contributed by atoms with Gasteiger partial charge in [0.15, 0.2) is 0 Å². The molecule has 0 bridgehead atoms. The van der Waals surface area contributed by atoms with E-state index in [0.717, 1.165) is 65.9 Å². The van der Waals surface area contributed by atoms with E-state index in [0.29, 0.717) is 17.5 Å². The van der Waals surface area contributed by atoms with Crippen molar-refractivity contribution in [2.45, 2.75) is 43.0 Å². The first kappa shape index (κ1) is 23.4. The average Bonchev–Trinajstić information content (AvgIpc) is 3.64.